The Hall–Kier alpha value is -2.42. The lowest BCUT2D eigenvalue weighted by Crippen LogP contribution is -2.29. The summed E-state index contributed by atoms with van der Waals surface area (Å²) in [6.45, 7) is 0. The molecule has 0 saturated carbocycles. The third-order valence-electron chi connectivity index (χ3n) is 4.71. The minimum Gasteiger partial charge on any atom is -0.326 e. The number of fused-ring (bicyclic) bond motifs is 2. The van der Waals surface area contributed by atoms with Crippen LogP contribution in [0.5, 0.6) is 0 Å². The minimum atomic E-state index is -3.60. The molecule has 0 bridgehead atoms. The largest absolute Gasteiger partial charge is 0.326 e. The molecule has 2 N–H and O–H groups in total. The van der Waals surface area contributed by atoms with Crippen LogP contribution in [-0.2, 0) is 15.0 Å². The molecule has 1 aromatic heterocycles. The van der Waals surface area contributed by atoms with Gasteiger partial charge in [0.1, 0.15) is 0 Å². The molecular weight excluding hydrogens is 382 g/mol. The smallest absolute Gasteiger partial charge is 0.301 e. The van der Waals surface area contributed by atoms with Crippen molar-refractivity contribution in [3.8, 4) is 0 Å². The fourth-order valence-corrected chi connectivity index (χ4v) is 4.94. The Morgan fingerprint density at radius 1 is 1.15 bits per heavy atom. The molecule has 4 rings (SSSR count). The highest BCUT2D eigenvalue weighted by atomic mass is 32.2. The molecule has 0 saturated heterocycles. The zero-order valence-electron chi connectivity index (χ0n) is 14.9. The fourth-order valence-electron chi connectivity index (χ4n) is 3.31. The van der Waals surface area contributed by atoms with E-state index in [1.807, 2.05) is 18.2 Å². The van der Waals surface area contributed by atoms with E-state index >= 15 is 0 Å². The highest BCUT2D eigenvalue weighted by Gasteiger charge is 2.28. The first kappa shape index (κ1) is 18.0. The van der Waals surface area contributed by atoms with Crippen LogP contribution in [-0.4, -0.2) is 32.7 Å². The molecule has 0 aliphatic carbocycles. The lowest BCUT2D eigenvalue weighted by Gasteiger charge is -2.26. The van der Waals surface area contributed by atoms with Crippen LogP contribution >= 0.6 is 11.3 Å². The molecule has 1 atom stereocenters. The third-order valence-corrected chi connectivity index (χ3v) is 7.14. The number of benzene rings is 2. The Labute approximate surface area is 162 Å². The van der Waals surface area contributed by atoms with Gasteiger partial charge in [0.25, 0.3) is 0 Å². The highest BCUT2D eigenvalue weighted by Crippen LogP contribution is 2.42. The van der Waals surface area contributed by atoms with Crippen molar-refractivity contribution in [2.24, 2.45) is 0 Å². The molecule has 2 aromatic carbocycles. The number of amides is 1. The van der Waals surface area contributed by atoms with Crippen molar-refractivity contribution in [3.63, 3.8) is 0 Å². The minimum absolute atomic E-state index is 0.0515. The molecule has 1 amide bonds. The predicted molar refractivity (Wildman–Crippen MR) is 110 cm³/mol. The van der Waals surface area contributed by atoms with E-state index < -0.39 is 10.2 Å². The van der Waals surface area contributed by atoms with Gasteiger partial charge in [0.15, 0.2) is 0 Å². The number of nitrogens with zero attached hydrogens (tertiary/aromatic N) is 1. The van der Waals surface area contributed by atoms with Crippen molar-refractivity contribution >= 4 is 48.9 Å². The molecule has 2 heterocycles. The first-order valence-electron chi connectivity index (χ1n) is 8.45. The van der Waals surface area contributed by atoms with Crippen molar-refractivity contribution < 1.29 is 13.2 Å². The van der Waals surface area contributed by atoms with Gasteiger partial charge < -0.3 is 5.32 Å². The van der Waals surface area contributed by atoms with Crippen LogP contribution in [0.25, 0.3) is 10.1 Å². The fraction of sp³-hybridized carbons (Fsp3) is 0.211. The molecular formula is C19H19N3O3S2. The predicted octanol–water partition coefficient (Wildman–Crippen LogP) is 3.59. The zero-order chi connectivity index (χ0) is 19.2. The van der Waals surface area contributed by atoms with Crippen LogP contribution in [0.2, 0.25) is 0 Å². The normalized spacial score (nSPS) is 17.0. The summed E-state index contributed by atoms with van der Waals surface area (Å²) < 4.78 is 28.9. The second-order valence-corrected chi connectivity index (χ2v) is 9.48. The van der Waals surface area contributed by atoms with Gasteiger partial charge in [0.2, 0.25) is 5.91 Å². The molecule has 1 unspecified atom stereocenters. The average molecular weight is 402 g/mol. The second-order valence-electron chi connectivity index (χ2n) is 6.68. The van der Waals surface area contributed by atoms with Crippen molar-refractivity contribution in [2.45, 2.75) is 12.3 Å². The van der Waals surface area contributed by atoms with Crippen molar-refractivity contribution in [3.05, 3.63) is 59.0 Å². The Balaban J connectivity index is 1.76. The Kier molecular flexibility index (Phi) is 4.41. The van der Waals surface area contributed by atoms with Crippen LogP contribution in [0.3, 0.4) is 0 Å². The maximum Gasteiger partial charge on any atom is 0.301 e. The Morgan fingerprint density at radius 2 is 1.93 bits per heavy atom. The quantitative estimate of drug-likeness (QED) is 0.701. The molecule has 0 radical (unpaired) electrons. The van der Waals surface area contributed by atoms with Crippen LogP contribution in [0.4, 0.5) is 11.4 Å². The Bertz CT molecular complexity index is 1140. The van der Waals surface area contributed by atoms with Gasteiger partial charge in [-0.25, -0.2) is 0 Å². The Morgan fingerprint density at radius 3 is 2.70 bits per heavy atom. The second kappa shape index (κ2) is 6.63. The summed E-state index contributed by atoms with van der Waals surface area (Å²) in [6, 6.07) is 13.5. The summed E-state index contributed by atoms with van der Waals surface area (Å²) in [5.41, 5.74) is 3.18. The number of hydrogen-bond donors (Lipinski definition) is 2. The van der Waals surface area contributed by atoms with Gasteiger partial charge in [-0.1, -0.05) is 24.3 Å². The SMILES string of the molecule is CN(C)S(=O)(=O)Nc1ccc2c(c1)NC(=O)CC2c1csc2ccccc12. The summed E-state index contributed by atoms with van der Waals surface area (Å²) in [7, 11) is -0.687. The van der Waals surface area contributed by atoms with E-state index in [-0.39, 0.29) is 11.8 Å². The average Bonchev–Trinajstić information content (AvgIpc) is 3.04. The van der Waals surface area contributed by atoms with Gasteiger partial charge in [-0.3, -0.25) is 9.52 Å². The molecule has 1 aliphatic heterocycles. The van der Waals surface area contributed by atoms with Crippen LogP contribution < -0.4 is 10.0 Å². The van der Waals surface area contributed by atoms with Gasteiger partial charge in [-0.2, -0.15) is 12.7 Å². The summed E-state index contributed by atoms with van der Waals surface area (Å²) >= 11 is 1.67. The zero-order valence-corrected chi connectivity index (χ0v) is 16.5. The molecule has 8 heteroatoms. The number of carbonyl (C=O) groups excluding carboxylic acids is 1. The summed E-state index contributed by atoms with van der Waals surface area (Å²) in [4.78, 5) is 12.3. The number of anilines is 2. The molecule has 3 aromatic rings. The molecule has 1 aliphatic rings. The highest BCUT2D eigenvalue weighted by molar-refractivity contribution is 7.90. The molecule has 0 fully saturated rings. The van der Waals surface area contributed by atoms with E-state index in [1.54, 1.807) is 23.5 Å². The summed E-state index contributed by atoms with van der Waals surface area (Å²) in [5.74, 6) is -0.125. The third kappa shape index (κ3) is 3.31. The first-order chi connectivity index (χ1) is 12.8. The van der Waals surface area contributed by atoms with E-state index in [4.69, 9.17) is 0 Å². The van der Waals surface area contributed by atoms with E-state index in [1.165, 1.54) is 18.8 Å². The topological polar surface area (TPSA) is 78.5 Å². The van der Waals surface area contributed by atoms with Crippen molar-refractivity contribution in [1.29, 1.82) is 0 Å². The standard InChI is InChI=1S/C19H19N3O3S2/c1-22(2)27(24,25)21-12-7-8-13-15(10-19(23)20-17(13)9-12)16-11-26-18-6-4-3-5-14(16)18/h3-9,11,15,21H,10H2,1-2H3,(H,20,23). The van der Waals surface area contributed by atoms with Gasteiger partial charge in [-0.15, -0.1) is 11.3 Å². The lowest BCUT2D eigenvalue weighted by atomic mass is 9.84. The monoisotopic (exact) mass is 401 g/mol. The summed E-state index contributed by atoms with van der Waals surface area (Å²) in [5, 5.41) is 6.14. The number of nitrogens with one attached hydrogen (secondary N) is 2. The molecule has 6 nitrogen and oxygen atoms in total. The van der Waals surface area contributed by atoms with Gasteiger partial charge >= 0.3 is 10.2 Å². The maximum atomic E-state index is 12.3. The number of carbonyl (C=O) groups is 1. The van der Waals surface area contributed by atoms with E-state index in [9.17, 15) is 13.2 Å². The van der Waals surface area contributed by atoms with Gasteiger partial charge in [-0.05, 0) is 40.1 Å². The lowest BCUT2D eigenvalue weighted by molar-refractivity contribution is -0.116. The van der Waals surface area contributed by atoms with E-state index in [0.29, 0.717) is 17.8 Å². The molecule has 27 heavy (non-hydrogen) atoms. The van der Waals surface area contributed by atoms with Crippen molar-refractivity contribution in [2.75, 3.05) is 24.1 Å². The molecule has 0 spiro atoms. The number of thiophene rings is 1. The maximum absolute atomic E-state index is 12.3. The van der Waals surface area contributed by atoms with E-state index in [0.717, 1.165) is 20.8 Å². The van der Waals surface area contributed by atoms with Crippen LogP contribution in [0.1, 0.15) is 23.5 Å². The molecule has 140 valence electrons. The van der Waals surface area contributed by atoms with Crippen molar-refractivity contribution in [1.82, 2.24) is 4.31 Å². The van der Waals surface area contributed by atoms with E-state index in [2.05, 4.69) is 27.6 Å². The van der Waals surface area contributed by atoms with Crippen LogP contribution in [0.15, 0.2) is 47.8 Å². The first-order valence-corrected chi connectivity index (χ1v) is 10.8. The van der Waals surface area contributed by atoms with Gasteiger partial charge in [0.05, 0.1) is 5.69 Å². The van der Waals surface area contributed by atoms with Crippen LogP contribution in [0, 0.1) is 0 Å². The van der Waals surface area contributed by atoms with Gasteiger partial charge in [0, 0.05) is 36.8 Å². The number of rotatable bonds is 4. The summed E-state index contributed by atoms with van der Waals surface area (Å²) in [6.07, 6.45) is 0.372. The number of hydrogen-bond acceptors (Lipinski definition) is 4.